The van der Waals surface area contributed by atoms with Gasteiger partial charge in [-0.05, 0) is 28.1 Å². The van der Waals surface area contributed by atoms with Crippen LogP contribution in [0.25, 0.3) is 10.9 Å². The molecular formula is C8H8BrClNNa2O3P. The number of rotatable bonds is 1. The van der Waals surface area contributed by atoms with E-state index < -0.39 is 7.60 Å². The SMILES string of the molecule is O=P(O)(O)c1c[nH]c2ccc(Br)c(Cl)c12.[NaH].[NaH]. The van der Waals surface area contributed by atoms with E-state index in [0.29, 0.717) is 20.4 Å². The molecule has 1 aromatic heterocycles. The van der Waals surface area contributed by atoms with Gasteiger partial charge in [0.05, 0.1) is 10.3 Å². The number of benzene rings is 1. The number of H-pyrrole nitrogens is 1. The molecule has 0 bridgehead atoms. The summed E-state index contributed by atoms with van der Waals surface area (Å²) in [5.74, 6) is 0. The van der Waals surface area contributed by atoms with Crippen molar-refractivity contribution >= 4 is 110 Å². The molecule has 0 aliphatic heterocycles. The fourth-order valence-electron chi connectivity index (χ4n) is 1.37. The number of hydrogen-bond donors (Lipinski definition) is 3. The molecule has 0 saturated heterocycles. The van der Waals surface area contributed by atoms with Crippen molar-refractivity contribution in [3.05, 3.63) is 27.8 Å². The van der Waals surface area contributed by atoms with Gasteiger partial charge in [-0.1, -0.05) is 11.6 Å². The van der Waals surface area contributed by atoms with Crippen LogP contribution in [0, 0.1) is 0 Å². The van der Waals surface area contributed by atoms with Crippen LogP contribution in [0.15, 0.2) is 22.8 Å². The summed E-state index contributed by atoms with van der Waals surface area (Å²) in [6, 6.07) is 3.41. The number of aromatic amines is 1. The molecule has 0 aliphatic rings. The molecule has 3 N–H and O–H groups in total. The predicted molar refractivity (Wildman–Crippen MR) is 77.0 cm³/mol. The van der Waals surface area contributed by atoms with Crippen LogP contribution in [-0.4, -0.2) is 73.9 Å². The molecule has 0 radical (unpaired) electrons. The molecule has 0 fully saturated rings. The quantitative estimate of drug-likeness (QED) is 0.528. The van der Waals surface area contributed by atoms with E-state index in [-0.39, 0.29) is 64.4 Å². The number of nitrogens with one attached hydrogen (secondary N) is 1. The van der Waals surface area contributed by atoms with Crippen molar-refractivity contribution in [2.24, 2.45) is 0 Å². The molecule has 0 atom stereocenters. The Balaban J connectivity index is 0.00000128. The molecular weight excluding hydrogens is 350 g/mol. The Labute approximate surface area is 155 Å². The molecule has 9 heteroatoms. The van der Waals surface area contributed by atoms with E-state index in [2.05, 4.69) is 20.9 Å². The maximum absolute atomic E-state index is 11.2. The predicted octanol–water partition coefficient (Wildman–Crippen LogP) is 1.09. The summed E-state index contributed by atoms with van der Waals surface area (Å²) in [6.45, 7) is 0. The molecule has 0 unspecified atom stereocenters. The van der Waals surface area contributed by atoms with Gasteiger partial charge in [0.25, 0.3) is 0 Å². The van der Waals surface area contributed by atoms with Gasteiger partial charge in [0.2, 0.25) is 0 Å². The van der Waals surface area contributed by atoms with Crippen LogP contribution >= 0.6 is 35.1 Å². The van der Waals surface area contributed by atoms with E-state index >= 15 is 0 Å². The van der Waals surface area contributed by atoms with Crippen LogP contribution in [0.2, 0.25) is 5.02 Å². The van der Waals surface area contributed by atoms with Crippen molar-refractivity contribution in [2.45, 2.75) is 0 Å². The molecule has 0 spiro atoms. The van der Waals surface area contributed by atoms with E-state index in [4.69, 9.17) is 21.4 Å². The standard InChI is InChI=1S/C8H6BrClNO3P.2Na.2H/c9-4-1-2-5-7(8(4)10)6(3-11-5)15(12,13)14;;;;/h1-3,11H,(H2,12,13,14);;;;. The van der Waals surface area contributed by atoms with Gasteiger partial charge < -0.3 is 14.8 Å². The monoisotopic (exact) mass is 357 g/mol. The van der Waals surface area contributed by atoms with Crippen molar-refractivity contribution in [1.82, 2.24) is 4.98 Å². The number of hydrogen-bond acceptors (Lipinski definition) is 1. The fraction of sp³-hybridized carbons (Fsp3) is 0. The van der Waals surface area contributed by atoms with Gasteiger partial charge in [0.1, 0.15) is 0 Å². The summed E-state index contributed by atoms with van der Waals surface area (Å²) in [5.41, 5.74) is 0.599. The van der Waals surface area contributed by atoms with Crippen molar-refractivity contribution in [1.29, 1.82) is 0 Å². The van der Waals surface area contributed by atoms with Gasteiger partial charge in [-0.3, -0.25) is 4.57 Å². The van der Waals surface area contributed by atoms with Crippen LogP contribution in [-0.2, 0) is 4.57 Å². The van der Waals surface area contributed by atoms with Crippen LogP contribution in [0.5, 0.6) is 0 Å². The molecule has 1 aromatic carbocycles. The summed E-state index contributed by atoms with van der Waals surface area (Å²) < 4.78 is 11.8. The van der Waals surface area contributed by atoms with Gasteiger partial charge in [-0.25, -0.2) is 0 Å². The van der Waals surface area contributed by atoms with Crippen LogP contribution in [0.3, 0.4) is 0 Å². The van der Waals surface area contributed by atoms with Crippen LogP contribution in [0.4, 0.5) is 0 Å². The second-order valence-electron chi connectivity index (χ2n) is 3.00. The summed E-state index contributed by atoms with van der Waals surface area (Å²) in [5, 5.41) is 0.579. The van der Waals surface area contributed by atoms with E-state index in [1.54, 1.807) is 12.1 Å². The van der Waals surface area contributed by atoms with Gasteiger partial charge in [0, 0.05) is 21.6 Å². The molecule has 2 aromatic rings. The van der Waals surface area contributed by atoms with Crippen molar-refractivity contribution in [3.63, 3.8) is 0 Å². The minimum absolute atomic E-state index is 0. The second kappa shape index (κ2) is 6.91. The first-order valence-corrected chi connectivity index (χ1v) is 6.71. The summed E-state index contributed by atoms with van der Waals surface area (Å²) in [7, 11) is -4.30. The zero-order chi connectivity index (χ0) is 11.2. The van der Waals surface area contributed by atoms with Gasteiger partial charge in [0.15, 0.2) is 0 Å². The normalized spacial score (nSPS) is 10.8. The Kier molecular flexibility index (Phi) is 7.59. The maximum atomic E-state index is 11.2. The summed E-state index contributed by atoms with van der Waals surface area (Å²) in [4.78, 5) is 21.0. The zero-order valence-corrected chi connectivity index (χ0v) is 10.5. The Bertz CT molecular complexity index is 585. The van der Waals surface area contributed by atoms with E-state index in [1.807, 2.05) is 0 Å². The molecule has 0 aliphatic carbocycles. The topological polar surface area (TPSA) is 73.3 Å². The van der Waals surface area contributed by atoms with E-state index in [0.717, 1.165) is 0 Å². The first-order chi connectivity index (χ1) is 6.91. The molecule has 84 valence electrons. The third-order valence-electron chi connectivity index (χ3n) is 2.03. The number of aromatic nitrogens is 1. The molecule has 17 heavy (non-hydrogen) atoms. The van der Waals surface area contributed by atoms with Crippen molar-refractivity contribution in [3.8, 4) is 0 Å². The van der Waals surface area contributed by atoms with Crippen LogP contribution < -0.4 is 5.30 Å². The number of fused-ring (bicyclic) bond motifs is 1. The second-order valence-corrected chi connectivity index (χ2v) is 5.80. The van der Waals surface area contributed by atoms with E-state index in [1.165, 1.54) is 6.20 Å². The van der Waals surface area contributed by atoms with Gasteiger partial charge in [-0.2, -0.15) is 0 Å². The third kappa shape index (κ3) is 3.83. The molecule has 0 amide bonds. The summed E-state index contributed by atoms with van der Waals surface area (Å²) >= 11 is 9.17. The minimum atomic E-state index is -4.30. The Morgan fingerprint density at radius 3 is 2.41 bits per heavy atom. The Hall–Kier alpha value is 1.68. The zero-order valence-electron chi connectivity index (χ0n) is 7.24. The third-order valence-corrected chi connectivity index (χ3v) is 4.29. The Morgan fingerprint density at radius 1 is 1.29 bits per heavy atom. The van der Waals surface area contributed by atoms with Gasteiger partial charge in [-0.15, -0.1) is 0 Å². The van der Waals surface area contributed by atoms with E-state index in [9.17, 15) is 4.57 Å². The average molecular weight is 358 g/mol. The first-order valence-electron chi connectivity index (χ1n) is 3.92. The first kappa shape index (κ1) is 18.7. The average Bonchev–Trinajstić information content (AvgIpc) is 2.54. The fourth-order valence-corrected chi connectivity index (χ4v) is 2.79. The molecule has 1 heterocycles. The van der Waals surface area contributed by atoms with Crippen molar-refractivity contribution in [2.75, 3.05) is 0 Å². The Morgan fingerprint density at radius 2 is 1.88 bits per heavy atom. The molecule has 4 nitrogen and oxygen atoms in total. The number of halogens is 2. The van der Waals surface area contributed by atoms with Crippen LogP contribution in [0.1, 0.15) is 0 Å². The van der Waals surface area contributed by atoms with Gasteiger partial charge >= 0.3 is 66.7 Å². The molecule has 0 saturated carbocycles. The summed E-state index contributed by atoms with van der Waals surface area (Å²) in [6.07, 6.45) is 1.28. The van der Waals surface area contributed by atoms with Crippen molar-refractivity contribution < 1.29 is 14.4 Å². The molecule has 2 rings (SSSR count).